The van der Waals surface area contributed by atoms with Gasteiger partial charge in [0.25, 0.3) is 0 Å². The van der Waals surface area contributed by atoms with E-state index in [2.05, 4.69) is 10.1 Å². The Labute approximate surface area is 108 Å². The topological polar surface area (TPSA) is 55.4 Å². The molecule has 0 aliphatic rings. The molecular formula is C12H23NO3S. The maximum atomic E-state index is 11.6. The predicted molar refractivity (Wildman–Crippen MR) is 71.0 cm³/mol. The normalized spacial score (nSPS) is 13.0. The van der Waals surface area contributed by atoms with Crippen LogP contribution in [0.5, 0.6) is 0 Å². The molecule has 17 heavy (non-hydrogen) atoms. The molecule has 0 saturated heterocycles. The molecule has 0 aromatic rings. The Balaban J connectivity index is 3.83. The van der Waals surface area contributed by atoms with Gasteiger partial charge in [-0.2, -0.15) is 11.8 Å². The number of hydrogen-bond acceptors (Lipinski definition) is 4. The number of ether oxygens (including phenoxy) is 1. The van der Waals surface area contributed by atoms with Crippen LogP contribution in [0.4, 0.5) is 0 Å². The molecular weight excluding hydrogens is 238 g/mol. The van der Waals surface area contributed by atoms with Crippen LogP contribution in [0.1, 0.15) is 34.1 Å². The third-order valence-electron chi connectivity index (χ3n) is 2.57. The van der Waals surface area contributed by atoms with E-state index in [-0.39, 0.29) is 23.3 Å². The van der Waals surface area contributed by atoms with Crippen molar-refractivity contribution in [2.45, 2.75) is 39.7 Å². The van der Waals surface area contributed by atoms with E-state index < -0.39 is 0 Å². The number of carbonyl (C=O) groups excluding carboxylic acids is 2. The lowest BCUT2D eigenvalue weighted by molar-refractivity contribution is -0.144. The fourth-order valence-corrected chi connectivity index (χ4v) is 1.96. The van der Waals surface area contributed by atoms with Crippen LogP contribution >= 0.6 is 11.8 Å². The van der Waals surface area contributed by atoms with Gasteiger partial charge in [-0.25, -0.2) is 0 Å². The van der Waals surface area contributed by atoms with Gasteiger partial charge in [0.15, 0.2) is 0 Å². The first-order valence-electron chi connectivity index (χ1n) is 5.79. The fourth-order valence-electron chi connectivity index (χ4n) is 1.10. The van der Waals surface area contributed by atoms with E-state index in [0.29, 0.717) is 11.5 Å². The van der Waals surface area contributed by atoms with Gasteiger partial charge in [-0.05, 0) is 20.3 Å². The minimum absolute atomic E-state index is 0.0129. The van der Waals surface area contributed by atoms with E-state index in [1.54, 1.807) is 6.92 Å². The van der Waals surface area contributed by atoms with Gasteiger partial charge >= 0.3 is 5.97 Å². The Bertz CT molecular complexity index is 266. The average Bonchev–Trinajstić information content (AvgIpc) is 2.27. The number of hydrogen-bond donors (Lipinski definition) is 1. The molecule has 0 heterocycles. The summed E-state index contributed by atoms with van der Waals surface area (Å²) in [5.74, 6) is 0.597. The van der Waals surface area contributed by atoms with E-state index in [4.69, 9.17) is 0 Å². The van der Waals surface area contributed by atoms with Crippen LogP contribution in [0.2, 0.25) is 0 Å². The first-order valence-corrected chi connectivity index (χ1v) is 6.94. The van der Waals surface area contributed by atoms with Crippen LogP contribution in [-0.4, -0.2) is 36.0 Å². The van der Waals surface area contributed by atoms with Gasteiger partial charge in [0.05, 0.1) is 18.8 Å². The molecule has 0 saturated carbocycles. The van der Waals surface area contributed by atoms with Gasteiger partial charge in [-0.1, -0.05) is 13.8 Å². The van der Waals surface area contributed by atoms with Crippen LogP contribution < -0.4 is 5.32 Å². The van der Waals surface area contributed by atoms with Gasteiger partial charge in [-0.3, -0.25) is 9.59 Å². The van der Waals surface area contributed by atoms with Gasteiger partial charge in [0.1, 0.15) is 0 Å². The van der Waals surface area contributed by atoms with Crippen molar-refractivity contribution in [3.63, 3.8) is 0 Å². The van der Waals surface area contributed by atoms with Crippen LogP contribution in [0.25, 0.3) is 0 Å². The summed E-state index contributed by atoms with van der Waals surface area (Å²) < 4.78 is 4.61. The Morgan fingerprint density at radius 1 is 1.41 bits per heavy atom. The monoisotopic (exact) mass is 261 g/mol. The van der Waals surface area contributed by atoms with Gasteiger partial charge in [0.2, 0.25) is 5.91 Å². The summed E-state index contributed by atoms with van der Waals surface area (Å²) in [6.45, 7) is 7.82. The summed E-state index contributed by atoms with van der Waals surface area (Å²) in [4.78, 5) is 22.7. The summed E-state index contributed by atoms with van der Waals surface area (Å²) in [5.41, 5.74) is -0.161. The highest BCUT2D eigenvalue weighted by molar-refractivity contribution is 7.99. The maximum Gasteiger partial charge on any atom is 0.309 e. The van der Waals surface area contributed by atoms with E-state index in [0.717, 1.165) is 6.42 Å². The lowest BCUT2D eigenvalue weighted by atomic mass is 10.0. The molecule has 0 aliphatic heterocycles. The van der Waals surface area contributed by atoms with Crippen LogP contribution in [0.15, 0.2) is 0 Å². The molecule has 0 fully saturated rings. The molecule has 1 atom stereocenters. The molecule has 4 nitrogen and oxygen atoms in total. The first-order chi connectivity index (χ1) is 7.82. The highest BCUT2D eigenvalue weighted by atomic mass is 32.2. The maximum absolute atomic E-state index is 11.6. The number of methoxy groups -OCH3 is 1. The fraction of sp³-hybridized carbons (Fsp3) is 0.833. The van der Waals surface area contributed by atoms with Crippen molar-refractivity contribution in [3.05, 3.63) is 0 Å². The molecule has 1 N–H and O–H groups in total. The number of esters is 1. The minimum Gasteiger partial charge on any atom is -0.469 e. The highest BCUT2D eigenvalue weighted by Crippen LogP contribution is 2.11. The van der Waals surface area contributed by atoms with Crippen molar-refractivity contribution in [3.8, 4) is 0 Å². The second-order valence-electron chi connectivity index (χ2n) is 4.72. The number of rotatable bonds is 7. The van der Waals surface area contributed by atoms with Gasteiger partial charge < -0.3 is 10.1 Å². The quantitative estimate of drug-likeness (QED) is 0.710. The molecule has 0 spiro atoms. The molecule has 0 rings (SSSR count). The Morgan fingerprint density at radius 3 is 2.47 bits per heavy atom. The first kappa shape index (κ1) is 16.3. The van der Waals surface area contributed by atoms with Crippen molar-refractivity contribution in [1.29, 1.82) is 0 Å². The van der Waals surface area contributed by atoms with Crippen molar-refractivity contribution in [1.82, 2.24) is 5.32 Å². The number of amides is 1. The lowest BCUT2D eigenvalue weighted by Crippen LogP contribution is -2.43. The number of nitrogens with one attached hydrogen (secondary N) is 1. The second-order valence-corrected chi connectivity index (χ2v) is 5.76. The molecule has 100 valence electrons. The molecule has 0 aliphatic carbocycles. The predicted octanol–water partition coefficient (Wildman–Crippen LogP) is 1.83. The molecule has 0 aromatic heterocycles. The van der Waals surface area contributed by atoms with Gasteiger partial charge in [0, 0.05) is 11.3 Å². The zero-order valence-corrected chi connectivity index (χ0v) is 12.1. The summed E-state index contributed by atoms with van der Waals surface area (Å²) in [5, 5.41) is 2.95. The minimum atomic E-state index is -0.230. The highest BCUT2D eigenvalue weighted by Gasteiger charge is 2.18. The summed E-state index contributed by atoms with van der Waals surface area (Å²) in [6.07, 6.45) is 0.891. The summed E-state index contributed by atoms with van der Waals surface area (Å²) in [7, 11) is 1.37. The standard InChI is InChI=1S/C12H23NO3S/c1-6-12(3,4)13-10(14)8-17-7-9(2)11(15)16-5/h9H,6-8H2,1-5H3,(H,13,14). The third kappa shape index (κ3) is 7.26. The van der Waals surface area contributed by atoms with Gasteiger partial charge in [-0.15, -0.1) is 0 Å². The van der Waals surface area contributed by atoms with Crippen LogP contribution in [0.3, 0.4) is 0 Å². The largest absolute Gasteiger partial charge is 0.469 e. The Morgan fingerprint density at radius 2 is 2.00 bits per heavy atom. The van der Waals surface area contributed by atoms with E-state index >= 15 is 0 Å². The van der Waals surface area contributed by atoms with E-state index in [1.165, 1.54) is 18.9 Å². The van der Waals surface area contributed by atoms with Crippen molar-refractivity contribution < 1.29 is 14.3 Å². The lowest BCUT2D eigenvalue weighted by Gasteiger charge is -2.24. The van der Waals surface area contributed by atoms with Crippen molar-refractivity contribution in [2.24, 2.45) is 5.92 Å². The molecule has 1 unspecified atom stereocenters. The van der Waals surface area contributed by atoms with E-state index in [1.807, 2.05) is 20.8 Å². The molecule has 1 amide bonds. The Kier molecular flexibility index (Phi) is 7.27. The Hall–Kier alpha value is -0.710. The zero-order valence-electron chi connectivity index (χ0n) is 11.3. The van der Waals surface area contributed by atoms with Crippen molar-refractivity contribution in [2.75, 3.05) is 18.6 Å². The molecule has 0 bridgehead atoms. The van der Waals surface area contributed by atoms with Crippen LogP contribution in [0, 0.1) is 5.92 Å². The average molecular weight is 261 g/mol. The number of thioether (sulfide) groups is 1. The van der Waals surface area contributed by atoms with Crippen molar-refractivity contribution >= 4 is 23.6 Å². The molecule has 0 radical (unpaired) electrons. The molecule has 0 aromatic carbocycles. The summed E-state index contributed by atoms with van der Waals surface area (Å²) in [6, 6.07) is 0. The third-order valence-corrected chi connectivity index (χ3v) is 3.77. The smallest absolute Gasteiger partial charge is 0.309 e. The van der Waals surface area contributed by atoms with Crippen LogP contribution in [-0.2, 0) is 14.3 Å². The summed E-state index contributed by atoms with van der Waals surface area (Å²) >= 11 is 1.45. The number of carbonyl (C=O) groups is 2. The van der Waals surface area contributed by atoms with E-state index in [9.17, 15) is 9.59 Å². The SMILES string of the molecule is CCC(C)(C)NC(=O)CSCC(C)C(=O)OC. The second kappa shape index (κ2) is 7.58. The molecule has 5 heteroatoms. The zero-order chi connectivity index (χ0) is 13.5.